The Morgan fingerprint density at radius 2 is 1.78 bits per heavy atom. The molecule has 0 amide bonds. The molecule has 1 atom stereocenters. The Labute approximate surface area is 215 Å². The van der Waals surface area contributed by atoms with Crippen LogP contribution in [0.3, 0.4) is 0 Å². The van der Waals surface area contributed by atoms with E-state index >= 15 is 0 Å². The third-order valence-electron chi connectivity index (χ3n) is 7.95. The SMILES string of the molecule is Fc1cc(-c2nc3c(c(N4CCOCC4)n2)SC(CN2CCN(CC4CC4)CC2)C3)c2cc[nH]c2c1. The zero-order chi connectivity index (χ0) is 24.1. The molecule has 1 unspecified atom stereocenters. The summed E-state index contributed by atoms with van der Waals surface area (Å²) >= 11 is 1.94. The number of hydrogen-bond acceptors (Lipinski definition) is 7. The Morgan fingerprint density at radius 1 is 1.00 bits per heavy atom. The first kappa shape index (κ1) is 23.0. The van der Waals surface area contributed by atoms with Crippen molar-refractivity contribution in [2.75, 3.05) is 70.5 Å². The van der Waals surface area contributed by atoms with Gasteiger partial charge in [-0.05, 0) is 37.0 Å². The van der Waals surface area contributed by atoms with Crippen LogP contribution >= 0.6 is 11.8 Å². The molecule has 7 rings (SSSR count). The zero-order valence-corrected chi connectivity index (χ0v) is 21.4. The molecule has 5 heterocycles. The standard InChI is InChI=1S/C27H33FN6OS/c28-19-13-22(21-3-4-29-23(21)14-19)26-30-24-15-20(17-33-7-5-32(6-8-33)16-18-1-2-18)36-25(24)27(31-26)34-9-11-35-12-10-34/h3-4,13-14,18,20,29H,1-2,5-12,15-17H2. The van der Waals surface area contributed by atoms with E-state index in [1.54, 1.807) is 6.07 Å². The molecule has 9 heteroatoms. The molecular formula is C27H33FN6OS. The fourth-order valence-corrected chi connectivity index (χ4v) is 7.21. The van der Waals surface area contributed by atoms with Gasteiger partial charge in [0.05, 0.1) is 23.8 Å². The summed E-state index contributed by atoms with van der Waals surface area (Å²) in [4.78, 5) is 22.1. The van der Waals surface area contributed by atoms with E-state index in [9.17, 15) is 4.39 Å². The second-order valence-corrected chi connectivity index (χ2v) is 11.9. The summed E-state index contributed by atoms with van der Waals surface area (Å²) in [7, 11) is 0. The summed E-state index contributed by atoms with van der Waals surface area (Å²) in [6.45, 7) is 10.1. The van der Waals surface area contributed by atoms with E-state index in [-0.39, 0.29) is 5.82 Å². The lowest BCUT2D eigenvalue weighted by Gasteiger charge is -2.35. The molecule has 0 radical (unpaired) electrons. The molecule has 3 fully saturated rings. The van der Waals surface area contributed by atoms with Crippen molar-refractivity contribution in [2.24, 2.45) is 5.92 Å². The van der Waals surface area contributed by atoms with Crippen LogP contribution in [0.25, 0.3) is 22.3 Å². The first-order valence-electron chi connectivity index (χ1n) is 13.3. The molecule has 190 valence electrons. The van der Waals surface area contributed by atoms with Crippen molar-refractivity contribution in [3.63, 3.8) is 0 Å². The highest BCUT2D eigenvalue weighted by molar-refractivity contribution is 8.00. The molecule has 2 aromatic heterocycles. The summed E-state index contributed by atoms with van der Waals surface area (Å²) in [6.07, 6.45) is 5.63. The lowest BCUT2D eigenvalue weighted by Crippen LogP contribution is -2.48. The summed E-state index contributed by atoms with van der Waals surface area (Å²) in [6, 6.07) is 5.09. The van der Waals surface area contributed by atoms with Crippen LogP contribution < -0.4 is 4.90 Å². The van der Waals surface area contributed by atoms with Gasteiger partial charge in [-0.2, -0.15) is 0 Å². The van der Waals surface area contributed by atoms with Gasteiger partial charge in [0.25, 0.3) is 0 Å². The molecule has 7 nitrogen and oxygen atoms in total. The van der Waals surface area contributed by atoms with Gasteiger partial charge in [-0.15, -0.1) is 11.8 Å². The van der Waals surface area contributed by atoms with Crippen LogP contribution in [0, 0.1) is 11.7 Å². The van der Waals surface area contributed by atoms with Crippen molar-refractivity contribution >= 4 is 28.5 Å². The monoisotopic (exact) mass is 508 g/mol. The molecule has 1 N–H and O–H groups in total. The smallest absolute Gasteiger partial charge is 0.162 e. The summed E-state index contributed by atoms with van der Waals surface area (Å²) < 4.78 is 20.1. The van der Waals surface area contributed by atoms with Gasteiger partial charge in [-0.25, -0.2) is 14.4 Å². The Hall–Kier alpha value is -2.20. The number of halogens is 1. The number of rotatable bonds is 6. The van der Waals surface area contributed by atoms with E-state index in [1.807, 2.05) is 24.0 Å². The van der Waals surface area contributed by atoms with Gasteiger partial charge in [0, 0.05) is 86.7 Å². The molecule has 4 aliphatic rings. The molecule has 1 aromatic carbocycles. The lowest BCUT2D eigenvalue weighted by atomic mass is 10.1. The van der Waals surface area contributed by atoms with Gasteiger partial charge < -0.3 is 19.5 Å². The number of hydrogen-bond donors (Lipinski definition) is 1. The Bertz CT molecular complexity index is 1250. The first-order chi connectivity index (χ1) is 17.7. The molecule has 3 aliphatic heterocycles. The number of H-pyrrole nitrogens is 1. The highest BCUT2D eigenvalue weighted by Gasteiger charge is 2.33. The van der Waals surface area contributed by atoms with Crippen LogP contribution in [0.5, 0.6) is 0 Å². The van der Waals surface area contributed by atoms with Crippen molar-refractivity contribution in [3.05, 3.63) is 35.9 Å². The van der Waals surface area contributed by atoms with E-state index in [2.05, 4.69) is 19.7 Å². The maximum atomic E-state index is 14.5. The average Bonchev–Trinajstić information content (AvgIpc) is 3.42. The van der Waals surface area contributed by atoms with E-state index in [1.165, 1.54) is 43.4 Å². The fourth-order valence-electron chi connectivity index (χ4n) is 5.80. The maximum absolute atomic E-state index is 14.5. The number of morpholine rings is 1. The van der Waals surface area contributed by atoms with Crippen LogP contribution in [-0.2, 0) is 11.2 Å². The summed E-state index contributed by atoms with van der Waals surface area (Å²) in [5.74, 6) is 2.31. The van der Waals surface area contributed by atoms with Gasteiger partial charge in [-0.1, -0.05) is 0 Å². The highest BCUT2D eigenvalue weighted by Crippen LogP contribution is 2.44. The molecule has 0 spiro atoms. The lowest BCUT2D eigenvalue weighted by molar-refractivity contribution is 0.122. The Morgan fingerprint density at radius 3 is 2.56 bits per heavy atom. The predicted octanol–water partition coefficient (Wildman–Crippen LogP) is 3.65. The number of benzene rings is 1. The van der Waals surface area contributed by atoms with E-state index in [0.717, 1.165) is 73.0 Å². The van der Waals surface area contributed by atoms with Crippen molar-refractivity contribution < 1.29 is 9.13 Å². The van der Waals surface area contributed by atoms with Crippen molar-refractivity contribution in [1.29, 1.82) is 0 Å². The number of aromatic nitrogens is 3. The molecule has 0 bridgehead atoms. The van der Waals surface area contributed by atoms with Crippen molar-refractivity contribution in [1.82, 2.24) is 24.8 Å². The molecule has 1 saturated carbocycles. The Balaban J connectivity index is 1.15. The summed E-state index contributed by atoms with van der Waals surface area (Å²) in [5, 5.41) is 1.43. The Kier molecular flexibility index (Phi) is 6.12. The van der Waals surface area contributed by atoms with Gasteiger partial charge in [0.1, 0.15) is 11.6 Å². The van der Waals surface area contributed by atoms with E-state index in [4.69, 9.17) is 14.7 Å². The van der Waals surface area contributed by atoms with Gasteiger partial charge in [0.15, 0.2) is 5.82 Å². The number of thioether (sulfide) groups is 1. The van der Waals surface area contributed by atoms with Gasteiger partial charge >= 0.3 is 0 Å². The number of anilines is 1. The van der Waals surface area contributed by atoms with Gasteiger partial charge in [-0.3, -0.25) is 4.90 Å². The predicted molar refractivity (Wildman–Crippen MR) is 141 cm³/mol. The number of ether oxygens (including phenoxy) is 1. The largest absolute Gasteiger partial charge is 0.378 e. The molecule has 36 heavy (non-hydrogen) atoms. The fraction of sp³-hybridized carbons (Fsp3) is 0.556. The number of piperazine rings is 1. The second kappa shape index (κ2) is 9.59. The maximum Gasteiger partial charge on any atom is 0.162 e. The third kappa shape index (κ3) is 4.62. The quantitative estimate of drug-likeness (QED) is 0.546. The normalized spacial score (nSPS) is 23.5. The minimum absolute atomic E-state index is 0.273. The van der Waals surface area contributed by atoms with Crippen LogP contribution in [-0.4, -0.2) is 95.6 Å². The van der Waals surface area contributed by atoms with Crippen LogP contribution in [0.15, 0.2) is 29.3 Å². The molecule has 1 aliphatic carbocycles. The molecule has 3 aromatic rings. The second-order valence-electron chi connectivity index (χ2n) is 10.6. The van der Waals surface area contributed by atoms with Crippen LogP contribution in [0.2, 0.25) is 0 Å². The van der Waals surface area contributed by atoms with E-state index < -0.39 is 0 Å². The van der Waals surface area contributed by atoms with Crippen LogP contribution in [0.1, 0.15) is 18.5 Å². The zero-order valence-electron chi connectivity index (χ0n) is 20.6. The molecule has 2 saturated heterocycles. The molecular weight excluding hydrogens is 475 g/mol. The van der Waals surface area contributed by atoms with E-state index in [0.29, 0.717) is 24.3 Å². The topological polar surface area (TPSA) is 60.5 Å². The number of aromatic amines is 1. The minimum atomic E-state index is -0.273. The van der Waals surface area contributed by atoms with Crippen molar-refractivity contribution in [3.8, 4) is 11.4 Å². The average molecular weight is 509 g/mol. The first-order valence-corrected chi connectivity index (χ1v) is 14.2. The minimum Gasteiger partial charge on any atom is -0.378 e. The number of nitrogens with one attached hydrogen (secondary N) is 1. The van der Waals surface area contributed by atoms with Crippen molar-refractivity contribution in [2.45, 2.75) is 29.4 Å². The number of nitrogens with zero attached hydrogens (tertiary/aromatic N) is 5. The van der Waals surface area contributed by atoms with Crippen LogP contribution in [0.4, 0.5) is 10.2 Å². The highest BCUT2D eigenvalue weighted by atomic mass is 32.2. The summed E-state index contributed by atoms with van der Waals surface area (Å²) in [5.41, 5.74) is 2.63. The van der Waals surface area contributed by atoms with Gasteiger partial charge in [0.2, 0.25) is 0 Å². The third-order valence-corrected chi connectivity index (χ3v) is 9.25. The number of fused-ring (bicyclic) bond motifs is 2.